The Balaban J connectivity index is 2.51. The minimum atomic E-state index is -0.141. The molecule has 0 spiro atoms. The SMILES string of the molecule is CCC1(C)CCCN(C(=O)CC(CN)OC)C1. The summed E-state index contributed by atoms with van der Waals surface area (Å²) in [5, 5.41) is 0. The third-order valence-electron chi connectivity index (χ3n) is 3.99. The van der Waals surface area contributed by atoms with Crippen molar-refractivity contribution in [3.05, 3.63) is 0 Å². The predicted molar refractivity (Wildman–Crippen MR) is 68.7 cm³/mol. The number of rotatable bonds is 5. The maximum atomic E-state index is 12.1. The molecule has 2 unspecified atom stereocenters. The minimum absolute atomic E-state index is 0.141. The molecule has 1 aliphatic heterocycles. The highest BCUT2D eigenvalue weighted by Crippen LogP contribution is 2.32. The number of piperidine rings is 1. The van der Waals surface area contributed by atoms with Gasteiger partial charge in [0.2, 0.25) is 5.91 Å². The number of nitrogens with zero attached hydrogens (tertiary/aromatic N) is 1. The molecule has 0 saturated carbocycles. The van der Waals surface area contributed by atoms with Crippen LogP contribution in [0.3, 0.4) is 0 Å². The molecule has 17 heavy (non-hydrogen) atoms. The summed E-state index contributed by atoms with van der Waals surface area (Å²) in [6.45, 7) is 6.63. The molecule has 0 radical (unpaired) electrons. The van der Waals surface area contributed by atoms with E-state index in [1.807, 2.05) is 4.90 Å². The van der Waals surface area contributed by atoms with Crippen molar-refractivity contribution in [3.63, 3.8) is 0 Å². The highest BCUT2D eigenvalue weighted by atomic mass is 16.5. The Bertz CT molecular complexity index is 254. The molecule has 0 aromatic carbocycles. The van der Waals surface area contributed by atoms with E-state index in [1.54, 1.807) is 7.11 Å². The minimum Gasteiger partial charge on any atom is -0.380 e. The highest BCUT2D eigenvalue weighted by molar-refractivity contribution is 5.76. The van der Waals surface area contributed by atoms with E-state index in [4.69, 9.17) is 10.5 Å². The van der Waals surface area contributed by atoms with Crippen molar-refractivity contribution in [3.8, 4) is 0 Å². The van der Waals surface area contributed by atoms with E-state index < -0.39 is 0 Å². The van der Waals surface area contributed by atoms with E-state index in [-0.39, 0.29) is 12.0 Å². The lowest BCUT2D eigenvalue weighted by atomic mass is 9.79. The van der Waals surface area contributed by atoms with Crippen LogP contribution >= 0.6 is 0 Å². The Kier molecular flexibility index (Phi) is 5.40. The first-order chi connectivity index (χ1) is 8.04. The summed E-state index contributed by atoms with van der Waals surface area (Å²) in [4.78, 5) is 14.1. The number of methoxy groups -OCH3 is 1. The standard InChI is InChI=1S/C13H26N2O2/c1-4-13(2)6-5-7-15(10-13)12(16)8-11(9-14)17-3/h11H,4-10,14H2,1-3H3. The summed E-state index contributed by atoms with van der Waals surface area (Å²) in [6, 6.07) is 0. The number of hydrogen-bond donors (Lipinski definition) is 1. The highest BCUT2D eigenvalue weighted by Gasteiger charge is 2.31. The van der Waals surface area contributed by atoms with Gasteiger partial charge in [0, 0.05) is 26.7 Å². The van der Waals surface area contributed by atoms with Gasteiger partial charge in [-0.2, -0.15) is 0 Å². The van der Waals surface area contributed by atoms with Crippen LogP contribution in [0, 0.1) is 5.41 Å². The van der Waals surface area contributed by atoms with E-state index in [0.29, 0.717) is 18.4 Å². The summed E-state index contributed by atoms with van der Waals surface area (Å²) >= 11 is 0. The number of amides is 1. The first kappa shape index (κ1) is 14.5. The van der Waals surface area contributed by atoms with E-state index in [9.17, 15) is 4.79 Å². The summed E-state index contributed by atoms with van der Waals surface area (Å²) in [5.74, 6) is 0.182. The number of carbonyl (C=O) groups is 1. The second-order valence-electron chi connectivity index (χ2n) is 5.38. The summed E-state index contributed by atoms with van der Waals surface area (Å²) in [6.07, 6.45) is 3.72. The smallest absolute Gasteiger partial charge is 0.225 e. The molecule has 100 valence electrons. The van der Waals surface area contributed by atoms with Crippen molar-refractivity contribution < 1.29 is 9.53 Å². The Labute approximate surface area is 104 Å². The topological polar surface area (TPSA) is 55.6 Å². The normalized spacial score (nSPS) is 26.9. The molecule has 0 bridgehead atoms. The fraction of sp³-hybridized carbons (Fsp3) is 0.923. The van der Waals surface area contributed by atoms with Crippen LogP contribution in [0.25, 0.3) is 0 Å². The van der Waals surface area contributed by atoms with Gasteiger partial charge in [-0.3, -0.25) is 4.79 Å². The second-order valence-corrected chi connectivity index (χ2v) is 5.38. The molecule has 4 nitrogen and oxygen atoms in total. The zero-order valence-electron chi connectivity index (χ0n) is 11.4. The van der Waals surface area contributed by atoms with Gasteiger partial charge in [0.25, 0.3) is 0 Å². The largest absolute Gasteiger partial charge is 0.380 e. The van der Waals surface area contributed by atoms with Crippen molar-refractivity contribution in [1.29, 1.82) is 0 Å². The molecule has 1 fully saturated rings. The van der Waals surface area contributed by atoms with Crippen molar-refractivity contribution in [2.45, 2.75) is 45.6 Å². The summed E-state index contributed by atoms with van der Waals surface area (Å²) in [7, 11) is 1.61. The third-order valence-corrected chi connectivity index (χ3v) is 3.99. The average molecular weight is 242 g/mol. The van der Waals surface area contributed by atoms with Gasteiger partial charge in [-0.05, 0) is 24.7 Å². The molecule has 1 amide bonds. The molecule has 1 aliphatic rings. The van der Waals surface area contributed by atoms with Crippen molar-refractivity contribution in [2.75, 3.05) is 26.7 Å². The van der Waals surface area contributed by atoms with E-state index >= 15 is 0 Å². The van der Waals surface area contributed by atoms with Crippen LogP contribution in [0.1, 0.15) is 39.5 Å². The van der Waals surface area contributed by atoms with Gasteiger partial charge in [-0.1, -0.05) is 13.8 Å². The van der Waals surface area contributed by atoms with Gasteiger partial charge in [0.15, 0.2) is 0 Å². The zero-order valence-corrected chi connectivity index (χ0v) is 11.4. The fourth-order valence-corrected chi connectivity index (χ4v) is 2.40. The molecule has 4 heteroatoms. The van der Waals surface area contributed by atoms with Crippen molar-refractivity contribution in [2.24, 2.45) is 11.1 Å². The zero-order chi connectivity index (χ0) is 12.9. The molecular formula is C13H26N2O2. The van der Waals surface area contributed by atoms with Gasteiger partial charge in [0.05, 0.1) is 12.5 Å². The number of ether oxygens (including phenoxy) is 1. The molecule has 2 atom stereocenters. The van der Waals surface area contributed by atoms with Gasteiger partial charge >= 0.3 is 0 Å². The van der Waals surface area contributed by atoms with Crippen LogP contribution < -0.4 is 5.73 Å². The van der Waals surface area contributed by atoms with E-state index in [2.05, 4.69) is 13.8 Å². The molecule has 0 aromatic heterocycles. The molecule has 0 aliphatic carbocycles. The van der Waals surface area contributed by atoms with Gasteiger partial charge in [-0.25, -0.2) is 0 Å². The number of likely N-dealkylation sites (tertiary alicyclic amines) is 1. The maximum absolute atomic E-state index is 12.1. The average Bonchev–Trinajstić information content (AvgIpc) is 2.35. The van der Waals surface area contributed by atoms with Crippen LogP contribution in [-0.4, -0.2) is 43.7 Å². The predicted octanol–water partition coefficient (Wildman–Crippen LogP) is 1.39. The van der Waals surface area contributed by atoms with E-state index in [1.165, 1.54) is 6.42 Å². The van der Waals surface area contributed by atoms with Gasteiger partial charge < -0.3 is 15.4 Å². The Morgan fingerprint density at radius 1 is 1.59 bits per heavy atom. The summed E-state index contributed by atoms with van der Waals surface area (Å²) < 4.78 is 5.17. The molecule has 1 saturated heterocycles. The number of carbonyl (C=O) groups excluding carboxylic acids is 1. The van der Waals surface area contributed by atoms with Crippen LogP contribution in [-0.2, 0) is 9.53 Å². The summed E-state index contributed by atoms with van der Waals surface area (Å²) in [5.41, 5.74) is 5.84. The maximum Gasteiger partial charge on any atom is 0.225 e. The van der Waals surface area contributed by atoms with Gasteiger partial charge in [0.1, 0.15) is 0 Å². The Morgan fingerprint density at radius 3 is 2.82 bits per heavy atom. The lowest BCUT2D eigenvalue weighted by Crippen LogP contribution is -2.46. The Hall–Kier alpha value is -0.610. The first-order valence-electron chi connectivity index (χ1n) is 6.55. The van der Waals surface area contributed by atoms with Crippen molar-refractivity contribution >= 4 is 5.91 Å². The van der Waals surface area contributed by atoms with Crippen molar-refractivity contribution in [1.82, 2.24) is 4.90 Å². The lowest BCUT2D eigenvalue weighted by molar-refractivity contribution is -0.137. The third kappa shape index (κ3) is 3.96. The molecule has 1 rings (SSSR count). The van der Waals surface area contributed by atoms with Crippen LogP contribution in [0.15, 0.2) is 0 Å². The number of nitrogens with two attached hydrogens (primary N) is 1. The fourth-order valence-electron chi connectivity index (χ4n) is 2.40. The van der Waals surface area contributed by atoms with Crippen LogP contribution in [0.2, 0.25) is 0 Å². The molecule has 2 N–H and O–H groups in total. The van der Waals surface area contributed by atoms with E-state index in [0.717, 1.165) is 25.9 Å². The quantitative estimate of drug-likeness (QED) is 0.792. The first-order valence-corrected chi connectivity index (χ1v) is 6.55. The second kappa shape index (κ2) is 6.36. The van der Waals surface area contributed by atoms with Gasteiger partial charge in [-0.15, -0.1) is 0 Å². The monoisotopic (exact) mass is 242 g/mol. The van der Waals surface area contributed by atoms with Crippen LogP contribution in [0.4, 0.5) is 0 Å². The molecule has 0 aromatic rings. The molecular weight excluding hydrogens is 216 g/mol. The Morgan fingerprint density at radius 2 is 2.29 bits per heavy atom. The van der Waals surface area contributed by atoms with Crippen LogP contribution in [0.5, 0.6) is 0 Å². The lowest BCUT2D eigenvalue weighted by Gasteiger charge is -2.40. The number of hydrogen-bond acceptors (Lipinski definition) is 3. The molecule has 1 heterocycles.